The lowest BCUT2D eigenvalue weighted by molar-refractivity contribution is 0.824. The molecule has 0 atom stereocenters. The molecule has 0 saturated heterocycles. The molecular weight excluding hydrogens is 203 g/mol. The van der Waals surface area contributed by atoms with E-state index in [1.165, 1.54) is 32.1 Å². The highest BCUT2D eigenvalue weighted by atomic mass is 31.2. The Balaban J connectivity index is 0. The van der Waals surface area contributed by atoms with Gasteiger partial charge in [-0.3, -0.25) is 0 Å². The lowest BCUT2D eigenvalue weighted by Crippen LogP contribution is -2.11. The van der Waals surface area contributed by atoms with Crippen molar-refractivity contribution in [2.45, 2.75) is 59.8 Å². The van der Waals surface area contributed by atoms with Crippen LogP contribution in [0.2, 0.25) is 0 Å². The monoisotopic (exact) mass is 234 g/mol. The van der Waals surface area contributed by atoms with Gasteiger partial charge in [0.05, 0.1) is 24.6 Å². The SMILES string of the molecule is CCCC[P+](CCC)(CCC)CCC.[OH-]. The van der Waals surface area contributed by atoms with E-state index in [0.29, 0.717) is 0 Å². The van der Waals surface area contributed by atoms with Crippen molar-refractivity contribution in [1.82, 2.24) is 0 Å². The van der Waals surface area contributed by atoms with Crippen molar-refractivity contribution in [2.24, 2.45) is 0 Å². The molecule has 0 heterocycles. The Morgan fingerprint density at radius 2 is 1.00 bits per heavy atom. The second-order valence-corrected chi connectivity index (χ2v) is 9.06. The van der Waals surface area contributed by atoms with Crippen LogP contribution in [0.5, 0.6) is 0 Å². The quantitative estimate of drug-likeness (QED) is 0.524. The van der Waals surface area contributed by atoms with Gasteiger partial charge in [-0.1, -0.05) is 34.1 Å². The lowest BCUT2D eigenvalue weighted by Gasteiger charge is -2.26. The fraction of sp³-hybridized carbons (Fsp3) is 1.00. The van der Waals surface area contributed by atoms with Gasteiger partial charge in [0.25, 0.3) is 0 Å². The number of hydrogen-bond donors (Lipinski definition) is 0. The Labute approximate surface area is 97.7 Å². The molecule has 2 heteroatoms. The fourth-order valence-electron chi connectivity index (χ4n) is 2.59. The standard InChI is InChI=1S/C13H30P.H2O/c1-5-9-13-14(10-6-2,11-7-3)12-8-4;/h5-13H2,1-4H3;1H2/q+1;/p-1. The van der Waals surface area contributed by atoms with Crippen LogP contribution < -0.4 is 0 Å². The average molecular weight is 234 g/mol. The Kier molecular flexibility index (Phi) is 12.9. The van der Waals surface area contributed by atoms with E-state index in [1.807, 2.05) is 0 Å². The van der Waals surface area contributed by atoms with Crippen LogP contribution in [-0.4, -0.2) is 30.1 Å². The van der Waals surface area contributed by atoms with E-state index in [9.17, 15) is 0 Å². The van der Waals surface area contributed by atoms with E-state index in [0.717, 1.165) is 0 Å². The molecule has 0 aromatic carbocycles. The summed E-state index contributed by atoms with van der Waals surface area (Å²) in [6, 6.07) is 0. The van der Waals surface area contributed by atoms with Crippen LogP contribution in [-0.2, 0) is 0 Å². The second-order valence-electron chi connectivity index (χ2n) is 4.59. The van der Waals surface area contributed by atoms with Crippen LogP contribution in [0.25, 0.3) is 0 Å². The molecule has 0 amide bonds. The first-order chi connectivity index (χ1) is 6.74. The van der Waals surface area contributed by atoms with Crippen LogP contribution in [0.1, 0.15) is 59.8 Å². The van der Waals surface area contributed by atoms with Crippen molar-refractivity contribution in [1.29, 1.82) is 0 Å². The highest BCUT2D eigenvalue weighted by Gasteiger charge is 2.33. The smallest absolute Gasteiger partial charge is 0.0594 e. The summed E-state index contributed by atoms with van der Waals surface area (Å²) in [5.74, 6) is 0. The number of unbranched alkanes of at least 4 members (excludes halogenated alkanes) is 1. The van der Waals surface area contributed by atoms with Crippen molar-refractivity contribution in [2.75, 3.05) is 24.6 Å². The summed E-state index contributed by atoms with van der Waals surface area (Å²) in [7, 11) is -0.513. The molecule has 0 aliphatic carbocycles. The van der Waals surface area contributed by atoms with Crippen molar-refractivity contribution in [3.05, 3.63) is 0 Å². The topological polar surface area (TPSA) is 30.0 Å². The third-order valence-electron chi connectivity index (χ3n) is 3.08. The second kappa shape index (κ2) is 10.9. The predicted octanol–water partition coefficient (Wildman–Crippen LogP) is 4.86. The zero-order valence-electron chi connectivity index (χ0n) is 11.3. The van der Waals surface area contributed by atoms with Crippen molar-refractivity contribution < 1.29 is 5.48 Å². The fourth-order valence-corrected chi connectivity index (χ4v) is 7.76. The van der Waals surface area contributed by atoms with Gasteiger partial charge in [-0.2, -0.15) is 0 Å². The molecule has 0 rings (SSSR count). The Bertz CT molecular complexity index is 109. The van der Waals surface area contributed by atoms with Crippen molar-refractivity contribution in [3.63, 3.8) is 0 Å². The largest absolute Gasteiger partial charge is 0.870 e. The van der Waals surface area contributed by atoms with Gasteiger partial charge in [0, 0.05) is 7.26 Å². The van der Waals surface area contributed by atoms with E-state index < -0.39 is 7.26 Å². The third kappa shape index (κ3) is 7.30. The molecule has 0 saturated carbocycles. The summed E-state index contributed by atoms with van der Waals surface area (Å²) in [6.45, 7) is 9.43. The van der Waals surface area contributed by atoms with Crippen LogP contribution in [0.3, 0.4) is 0 Å². The summed E-state index contributed by atoms with van der Waals surface area (Å²) < 4.78 is 0. The Morgan fingerprint density at radius 1 is 0.600 bits per heavy atom. The van der Waals surface area contributed by atoms with Crippen molar-refractivity contribution in [3.8, 4) is 0 Å². The highest BCUT2D eigenvalue weighted by molar-refractivity contribution is 7.75. The molecule has 0 bridgehead atoms. The third-order valence-corrected chi connectivity index (χ3v) is 8.53. The molecular formula is C13H31OP. The van der Waals surface area contributed by atoms with Crippen LogP contribution in [0.4, 0.5) is 0 Å². The molecule has 1 N–H and O–H groups in total. The van der Waals surface area contributed by atoms with Gasteiger partial charge in [0.15, 0.2) is 0 Å². The molecule has 15 heavy (non-hydrogen) atoms. The first kappa shape index (κ1) is 17.8. The van der Waals surface area contributed by atoms with E-state index >= 15 is 0 Å². The lowest BCUT2D eigenvalue weighted by atomic mass is 10.4. The molecule has 0 aromatic rings. The van der Waals surface area contributed by atoms with E-state index in [4.69, 9.17) is 0 Å². The summed E-state index contributed by atoms with van der Waals surface area (Å²) in [5, 5.41) is 0. The molecule has 0 radical (unpaired) electrons. The minimum Gasteiger partial charge on any atom is -0.870 e. The molecule has 0 fully saturated rings. The van der Waals surface area contributed by atoms with Crippen LogP contribution in [0, 0.1) is 0 Å². The summed E-state index contributed by atoms with van der Waals surface area (Å²) in [5.41, 5.74) is 0. The van der Waals surface area contributed by atoms with Gasteiger partial charge in [-0.05, 0) is 25.7 Å². The molecule has 0 aliphatic rings. The maximum Gasteiger partial charge on any atom is 0.0594 e. The minimum atomic E-state index is -0.513. The summed E-state index contributed by atoms with van der Waals surface area (Å²) in [4.78, 5) is 0. The van der Waals surface area contributed by atoms with E-state index in [-0.39, 0.29) is 5.48 Å². The normalized spacial score (nSPS) is 11.2. The Hall–Kier alpha value is 0.390. The highest BCUT2D eigenvalue weighted by Crippen LogP contribution is 2.60. The summed E-state index contributed by atoms with van der Waals surface area (Å²) >= 11 is 0. The molecule has 0 aliphatic heterocycles. The maximum atomic E-state index is 2.37. The summed E-state index contributed by atoms with van der Waals surface area (Å²) in [6.07, 6.45) is 13.4. The number of rotatable bonds is 9. The van der Waals surface area contributed by atoms with Gasteiger partial charge in [-0.25, -0.2) is 0 Å². The molecule has 0 aromatic heterocycles. The average Bonchev–Trinajstić information content (AvgIpc) is 2.16. The first-order valence-corrected chi connectivity index (χ1v) is 9.12. The van der Waals surface area contributed by atoms with Gasteiger partial charge >= 0.3 is 0 Å². The van der Waals surface area contributed by atoms with Gasteiger partial charge in [0.1, 0.15) is 0 Å². The van der Waals surface area contributed by atoms with E-state index in [2.05, 4.69) is 27.7 Å². The van der Waals surface area contributed by atoms with Gasteiger partial charge in [-0.15, -0.1) is 0 Å². The molecule has 94 valence electrons. The van der Waals surface area contributed by atoms with Gasteiger partial charge < -0.3 is 5.48 Å². The van der Waals surface area contributed by atoms with Gasteiger partial charge in [0.2, 0.25) is 0 Å². The van der Waals surface area contributed by atoms with Crippen LogP contribution >= 0.6 is 7.26 Å². The first-order valence-electron chi connectivity index (χ1n) is 6.59. The maximum absolute atomic E-state index is 2.37. The predicted molar refractivity (Wildman–Crippen MR) is 74.1 cm³/mol. The van der Waals surface area contributed by atoms with Crippen molar-refractivity contribution >= 4 is 7.26 Å². The number of hydrogen-bond acceptors (Lipinski definition) is 1. The molecule has 0 unspecified atom stereocenters. The molecule has 1 nitrogen and oxygen atoms in total. The van der Waals surface area contributed by atoms with Crippen LogP contribution in [0.15, 0.2) is 0 Å². The zero-order valence-corrected chi connectivity index (χ0v) is 12.2. The minimum absolute atomic E-state index is 0. The Morgan fingerprint density at radius 3 is 1.27 bits per heavy atom. The molecule has 0 spiro atoms. The zero-order chi connectivity index (χ0) is 10.9. The van der Waals surface area contributed by atoms with E-state index in [1.54, 1.807) is 24.6 Å².